The van der Waals surface area contributed by atoms with Crippen LogP contribution in [0.25, 0.3) is 11.3 Å². The summed E-state index contributed by atoms with van der Waals surface area (Å²) in [5.74, 6) is 0.248. The minimum atomic E-state index is -0.442. The summed E-state index contributed by atoms with van der Waals surface area (Å²) < 4.78 is 21.4. The molecule has 0 fully saturated rings. The zero-order valence-corrected chi connectivity index (χ0v) is 17.3. The molecule has 4 rings (SSSR count). The fourth-order valence-corrected chi connectivity index (χ4v) is 3.67. The van der Waals surface area contributed by atoms with E-state index >= 15 is 0 Å². The molecule has 1 amide bonds. The molecule has 4 aromatic rings. The molecule has 2 heterocycles. The lowest BCUT2D eigenvalue weighted by Crippen LogP contribution is -2.24. The summed E-state index contributed by atoms with van der Waals surface area (Å²) in [7, 11) is 1.60. The molecule has 31 heavy (non-hydrogen) atoms. The molecule has 0 aliphatic rings. The van der Waals surface area contributed by atoms with E-state index in [4.69, 9.17) is 4.74 Å². The Bertz CT molecular complexity index is 1290. The van der Waals surface area contributed by atoms with Gasteiger partial charge in [0.2, 0.25) is 11.6 Å². The summed E-state index contributed by atoms with van der Waals surface area (Å²) in [6, 6.07) is 13.1. The van der Waals surface area contributed by atoms with Crippen LogP contribution in [-0.2, 0) is 11.3 Å². The highest BCUT2D eigenvalue weighted by molar-refractivity contribution is 7.99. The van der Waals surface area contributed by atoms with Crippen LogP contribution < -0.4 is 15.6 Å². The summed E-state index contributed by atoms with van der Waals surface area (Å²) in [6.45, 7) is 0.391. The highest BCUT2D eigenvalue weighted by Gasteiger charge is 2.13. The second-order valence-electron chi connectivity index (χ2n) is 6.54. The Morgan fingerprint density at radius 3 is 2.71 bits per heavy atom. The maximum absolute atomic E-state index is 13.5. The van der Waals surface area contributed by atoms with Gasteiger partial charge in [0, 0.05) is 18.9 Å². The number of carbonyl (C=O) groups excluding carboxylic acids is 1. The van der Waals surface area contributed by atoms with Crippen LogP contribution in [0.1, 0.15) is 5.56 Å². The first-order valence-corrected chi connectivity index (χ1v) is 10.3. The Morgan fingerprint density at radius 2 is 1.97 bits per heavy atom. The molecular formula is C21H18FN5O3S. The number of hydrogen-bond acceptors (Lipinski definition) is 6. The zero-order chi connectivity index (χ0) is 21.8. The number of fused-ring (bicyclic) bond motifs is 1. The van der Waals surface area contributed by atoms with Crippen molar-refractivity contribution in [3.05, 3.63) is 82.7 Å². The maximum Gasteiger partial charge on any atom is 0.300 e. The molecule has 2 aromatic heterocycles. The Hall–Kier alpha value is -3.66. The van der Waals surface area contributed by atoms with Gasteiger partial charge in [-0.05, 0) is 35.9 Å². The number of nitrogens with zero attached hydrogens (tertiary/aromatic N) is 4. The van der Waals surface area contributed by atoms with Gasteiger partial charge >= 0.3 is 5.56 Å². The van der Waals surface area contributed by atoms with Gasteiger partial charge < -0.3 is 10.1 Å². The number of methoxy groups -OCH3 is 1. The van der Waals surface area contributed by atoms with E-state index in [1.54, 1.807) is 19.4 Å². The number of carbonyl (C=O) groups is 1. The van der Waals surface area contributed by atoms with Gasteiger partial charge in [0.05, 0.1) is 18.6 Å². The largest absolute Gasteiger partial charge is 0.497 e. The number of amides is 1. The van der Waals surface area contributed by atoms with Crippen molar-refractivity contribution in [2.24, 2.45) is 0 Å². The third kappa shape index (κ3) is 4.58. The van der Waals surface area contributed by atoms with Crippen molar-refractivity contribution in [1.82, 2.24) is 24.5 Å². The lowest BCUT2D eigenvalue weighted by molar-refractivity contribution is -0.118. The maximum atomic E-state index is 13.5. The van der Waals surface area contributed by atoms with E-state index in [0.29, 0.717) is 17.4 Å². The highest BCUT2D eigenvalue weighted by atomic mass is 32.2. The second-order valence-corrected chi connectivity index (χ2v) is 7.49. The molecule has 0 bridgehead atoms. The summed E-state index contributed by atoms with van der Waals surface area (Å²) in [4.78, 5) is 24.9. The number of halogens is 1. The Labute approximate surface area is 180 Å². The zero-order valence-electron chi connectivity index (χ0n) is 16.5. The van der Waals surface area contributed by atoms with Crippen molar-refractivity contribution >= 4 is 23.3 Å². The van der Waals surface area contributed by atoms with Gasteiger partial charge in [0.1, 0.15) is 11.6 Å². The van der Waals surface area contributed by atoms with Crippen LogP contribution in [0.5, 0.6) is 5.75 Å². The molecule has 0 saturated heterocycles. The average molecular weight is 439 g/mol. The van der Waals surface area contributed by atoms with E-state index in [-0.39, 0.29) is 17.3 Å². The molecule has 1 N–H and O–H groups in total. The van der Waals surface area contributed by atoms with Crippen molar-refractivity contribution in [3.8, 4) is 11.4 Å². The third-order valence-electron chi connectivity index (χ3n) is 4.51. The van der Waals surface area contributed by atoms with Crippen molar-refractivity contribution in [2.75, 3.05) is 12.9 Å². The van der Waals surface area contributed by atoms with Gasteiger partial charge in [-0.3, -0.25) is 18.6 Å². The van der Waals surface area contributed by atoms with Gasteiger partial charge in [0.25, 0.3) is 0 Å². The smallest absolute Gasteiger partial charge is 0.300 e. The normalized spacial score (nSPS) is 10.9. The number of aromatic nitrogens is 4. The number of ether oxygens (including phenoxy) is 1. The summed E-state index contributed by atoms with van der Waals surface area (Å²) in [5.41, 5.74) is 0.997. The minimum absolute atomic E-state index is 0.0907. The van der Waals surface area contributed by atoms with Crippen LogP contribution >= 0.6 is 11.8 Å². The first-order chi connectivity index (χ1) is 15.0. The minimum Gasteiger partial charge on any atom is -0.497 e. The standard InChI is InChI=1S/C21H18FN5O3S/c1-30-17-7-5-14(6-8-17)12-23-18(28)13-31-21-25-24-19-20(29)26(9-10-27(19)21)16-4-2-3-15(22)11-16/h2-11H,12-13H2,1H3,(H,23,28). The molecule has 0 saturated carbocycles. The molecule has 0 spiro atoms. The van der Waals surface area contributed by atoms with E-state index in [1.807, 2.05) is 24.3 Å². The van der Waals surface area contributed by atoms with E-state index in [9.17, 15) is 14.0 Å². The van der Waals surface area contributed by atoms with Crippen LogP contribution in [0.2, 0.25) is 0 Å². The van der Waals surface area contributed by atoms with Crippen LogP contribution in [0.4, 0.5) is 4.39 Å². The lowest BCUT2D eigenvalue weighted by Gasteiger charge is -2.07. The van der Waals surface area contributed by atoms with Crippen molar-refractivity contribution in [2.45, 2.75) is 11.7 Å². The second kappa shape index (κ2) is 9.00. The molecule has 0 atom stereocenters. The molecule has 0 aliphatic carbocycles. The number of thioether (sulfide) groups is 1. The monoisotopic (exact) mass is 439 g/mol. The Kier molecular flexibility index (Phi) is 5.99. The summed E-state index contributed by atoms with van der Waals surface area (Å²) >= 11 is 1.17. The number of nitrogens with one attached hydrogen (secondary N) is 1. The molecular weight excluding hydrogens is 421 g/mol. The quantitative estimate of drug-likeness (QED) is 0.445. The van der Waals surface area contributed by atoms with Crippen LogP contribution in [0.3, 0.4) is 0 Å². The van der Waals surface area contributed by atoms with Crippen LogP contribution in [0, 0.1) is 5.82 Å². The van der Waals surface area contributed by atoms with E-state index in [0.717, 1.165) is 11.3 Å². The molecule has 10 heteroatoms. The number of hydrogen-bond donors (Lipinski definition) is 1. The van der Waals surface area contributed by atoms with Crippen molar-refractivity contribution < 1.29 is 13.9 Å². The van der Waals surface area contributed by atoms with Gasteiger partial charge in [-0.2, -0.15) is 0 Å². The van der Waals surface area contributed by atoms with Gasteiger partial charge in [-0.1, -0.05) is 30.0 Å². The predicted molar refractivity (Wildman–Crippen MR) is 114 cm³/mol. The molecule has 0 unspecified atom stereocenters. The number of rotatable bonds is 7. The first kappa shape index (κ1) is 20.6. The molecule has 8 nitrogen and oxygen atoms in total. The van der Waals surface area contributed by atoms with E-state index < -0.39 is 11.4 Å². The summed E-state index contributed by atoms with van der Waals surface area (Å²) in [6.07, 6.45) is 3.13. The third-order valence-corrected chi connectivity index (χ3v) is 5.45. The average Bonchev–Trinajstić information content (AvgIpc) is 3.21. The highest BCUT2D eigenvalue weighted by Crippen LogP contribution is 2.16. The van der Waals surface area contributed by atoms with Crippen molar-refractivity contribution in [1.29, 1.82) is 0 Å². The first-order valence-electron chi connectivity index (χ1n) is 9.30. The van der Waals surface area contributed by atoms with Gasteiger partial charge in [0.15, 0.2) is 5.16 Å². The lowest BCUT2D eigenvalue weighted by atomic mass is 10.2. The van der Waals surface area contributed by atoms with E-state index in [1.165, 1.54) is 45.1 Å². The van der Waals surface area contributed by atoms with Crippen LogP contribution in [-0.4, -0.2) is 37.9 Å². The molecule has 0 aliphatic heterocycles. The fourth-order valence-electron chi connectivity index (χ4n) is 2.92. The summed E-state index contributed by atoms with van der Waals surface area (Å²) in [5, 5.41) is 11.2. The predicted octanol–water partition coefficient (Wildman–Crippen LogP) is 2.44. The van der Waals surface area contributed by atoms with Gasteiger partial charge in [-0.25, -0.2) is 4.39 Å². The molecule has 0 radical (unpaired) electrons. The van der Waals surface area contributed by atoms with Gasteiger partial charge in [-0.15, -0.1) is 10.2 Å². The Balaban J connectivity index is 1.42. The Morgan fingerprint density at radius 1 is 1.16 bits per heavy atom. The molecule has 2 aromatic carbocycles. The SMILES string of the molecule is COc1ccc(CNC(=O)CSc2nnc3c(=O)n(-c4cccc(F)c4)ccn23)cc1. The van der Waals surface area contributed by atoms with Crippen LogP contribution in [0.15, 0.2) is 70.9 Å². The fraction of sp³-hybridized carbons (Fsp3) is 0.143. The number of benzene rings is 2. The molecule has 158 valence electrons. The van der Waals surface area contributed by atoms with E-state index in [2.05, 4.69) is 15.5 Å². The topological polar surface area (TPSA) is 90.5 Å². The van der Waals surface area contributed by atoms with Crippen molar-refractivity contribution in [3.63, 3.8) is 0 Å².